The molecule has 0 aliphatic rings. The minimum Gasteiger partial charge on any atom is -0.323 e. The van der Waals surface area contributed by atoms with Gasteiger partial charge in [0.05, 0.1) is 10.9 Å². The highest BCUT2D eigenvalue weighted by atomic mass is 32.2. The van der Waals surface area contributed by atoms with E-state index in [-0.39, 0.29) is 17.0 Å². The number of rotatable bonds is 7. The zero-order valence-corrected chi connectivity index (χ0v) is 19.0. The van der Waals surface area contributed by atoms with E-state index < -0.39 is 11.1 Å². The highest BCUT2D eigenvalue weighted by molar-refractivity contribution is 8.00. The standard InChI is InChI=1S/C24H27FN4OS/c1-6-15-29-21(17-11-13-18(14-12-17)24(3,4)5)27-28-23(29)31-16(2)22(30)26-20-10-8-7-9-19(20)25/h6-14,16H,1,15H2,2-5H3,(H,26,30). The van der Waals surface area contributed by atoms with Crippen LogP contribution in [0.3, 0.4) is 0 Å². The lowest BCUT2D eigenvalue weighted by atomic mass is 9.87. The summed E-state index contributed by atoms with van der Waals surface area (Å²) in [6.07, 6.45) is 1.77. The second kappa shape index (κ2) is 9.47. The molecule has 7 heteroatoms. The fourth-order valence-electron chi connectivity index (χ4n) is 3.01. The fraction of sp³-hybridized carbons (Fsp3) is 0.292. The maximum atomic E-state index is 13.8. The number of hydrogen-bond donors (Lipinski definition) is 1. The van der Waals surface area contributed by atoms with Gasteiger partial charge < -0.3 is 5.32 Å². The van der Waals surface area contributed by atoms with Crippen molar-refractivity contribution in [1.29, 1.82) is 0 Å². The zero-order valence-electron chi connectivity index (χ0n) is 18.2. The van der Waals surface area contributed by atoms with Crippen molar-refractivity contribution in [2.45, 2.75) is 50.1 Å². The number of hydrogen-bond acceptors (Lipinski definition) is 4. The van der Waals surface area contributed by atoms with E-state index in [4.69, 9.17) is 0 Å². The Morgan fingerprint density at radius 2 is 1.87 bits per heavy atom. The highest BCUT2D eigenvalue weighted by Crippen LogP contribution is 2.29. The van der Waals surface area contributed by atoms with Gasteiger partial charge in [0.1, 0.15) is 5.82 Å². The number of benzene rings is 2. The number of aromatic nitrogens is 3. The third-order valence-electron chi connectivity index (χ3n) is 4.82. The normalized spacial score (nSPS) is 12.4. The number of para-hydroxylation sites is 1. The lowest BCUT2D eigenvalue weighted by Crippen LogP contribution is -2.23. The SMILES string of the molecule is C=CCn1c(SC(C)C(=O)Nc2ccccc2F)nnc1-c1ccc(C(C)(C)C)cc1. The third-order valence-corrected chi connectivity index (χ3v) is 5.90. The molecule has 0 fully saturated rings. The number of carbonyl (C=O) groups excluding carboxylic acids is 1. The maximum Gasteiger partial charge on any atom is 0.237 e. The number of thioether (sulfide) groups is 1. The smallest absolute Gasteiger partial charge is 0.237 e. The summed E-state index contributed by atoms with van der Waals surface area (Å²) < 4.78 is 15.8. The summed E-state index contributed by atoms with van der Waals surface area (Å²) in [4.78, 5) is 12.6. The molecular formula is C24H27FN4OS. The van der Waals surface area contributed by atoms with Crippen LogP contribution >= 0.6 is 11.8 Å². The average Bonchev–Trinajstić information content (AvgIpc) is 3.11. The van der Waals surface area contributed by atoms with Gasteiger partial charge in [-0.3, -0.25) is 9.36 Å². The summed E-state index contributed by atoms with van der Waals surface area (Å²) in [6, 6.07) is 14.4. The van der Waals surface area contributed by atoms with Crippen molar-refractivity contribution in [3.63, 3.8) is 0 Å². The van der Waals surface area contributed by atoms with Crippen LogP contribution in [-0.2, 0) is 16.8 Å². The first-order valence-electron chi connectivity index (χ1n) is 10.1. The topological polar surface area (TPSA) is 59.8 Å². The second-order valence-electron chi connectivity index (χ2n) is 8.26. The predicted octanol–water partition coefficient (Wildman–Crippen LogP) is 5.69. The molecule has 0 saturated heterocycles. The largest absolute Gasteiger partial charge is 0.323 e. The highest BCUT2D eigenvalue weighted by Gasteiger charge is 2.22. The number of carbonyl (C=O) groups is 1. The summed E-state index contributed by atoms with van der Waals surface area (Å²) in [5, 5.41) is 11.4. The van der Waals surface area contributed by atoms with Gasteiger partial charge in [0.25, 0.3) is 0 Å². The first-order valence-corrected chi connectivity index (χ1v) is 11.0. The van der Waals surface area contributed by atoms with Crippen LogP contribution in [0, 0.1) is 5.82 Å². The molecule has 3 rings (SSSR count). The quantitative estimate of drug-likeness (QED) is 0.380. The molecule has 2 aromatic carbocycles. The van der Waals surface area contributed by atoms with Crippen LogP contribution < -0.4 is 5.32 Å². The van der Waals surface area contributed by atoms with Crippen LogP contribution in [0.5, 0.6) is 0 Å². The lowest BCUT2D eigenvalue weighted by Gasteiger charge is -2.19. The van der Waals surface area contributed by atoms with Crippen LogP contribution in [0.1, 0.15) is 33.3 Å². The number of nitrogens with one attached hydrogen (secondary N) is 1. The third kappa shape index (κ3) is 5.41. The molecule has 5 nitrogen and oxygen atoms in total. The molecule has 0 bridgehead atoms. The van der Waals surface area contributed by atoms with E-state index in [0.717, 1.165) is 5.56 Å². The summed E-state index contributed by atoms with van der Waals surface area (Å²) in [7, 11) is 0. The summed E-state index contributed by atoms with van der Waals surface area (Å²) in [5.74, 6) is -0.0623. The molecule has 0 spiro atoms. The van der Waals surface area contributed by atoms with Crippen molar-refractivity contribution in [3.05, 3.63) is 72.6 Å². The first-order chi connectivity index (χ1) is 14.7. The van der Waals surface area contributed by atoms with Gasteiger partial charge in [0.2, 0.25) is 5.91 Å². The van der Waals surface area contributed by atoms with Crippen LogP contribution in [0.4, 0.5) is 10.1 Å². The Balaban J connectivity index is 1.80. The number of amides is 1. The van der Waals surface area contributed by atoms with E-state index in [1.807, 2.05) is 16.7 Å². The van der Waals surface area contributed by atoms with Crippen molar-refractivity contribution in [3.8, 4) is 11.4 Å². The van der Waals surface area contributed by atoms with Crippen molar-refractivity contribution in [2.24, 2.45) is 0 Å². The van der Waals surface area contributed by atoms with E-state index in [1.165, 1.54) is 29.5 Å². The first kappa shape index (κ1) is 22.7. The van der Waals surface area contributed by atoms with Gasteiger partial charge >= 0.3 is 0 Å². The minimum absolute atomic E-state index is 0.0648. The van der Waals surface area contributed by atoms with Crippen LogP contribution in [0.2, 0.25) is 0 Å². The van der Waals surface area contributed by atoms with Gasteiger partial charge in [-0.05, 0) is 30.0 Å². The van der Waals surface area contributed by atoms with Gasteiger partial charge in [-0.2, -0.15) is 0 Å². The van der Waals surface area contributed by atoms with E-state index in [2.05, 4.69) is 55.0 Å². The van der Waals surface area contributed by atoms with Crippen molar-refractivity contribution < 1.29 is 9.18 Å². The van der Waals surface area contributed by atoms with Crippen LogP contribution in [0.15, 0.2) is 66.3 Å². The van der Waals surface area contributed by atoms with E-state index in [9.17, 15) is 9.18 Å². The Hall–Kier alpha value is -2.93. The Morgan fingerprint density at radius 1 is 1.19 bits per heavy atom. The molecule has 1 unspecified atom stereocenters. The molecule has 0 radical (unpaired) electrons. The van der Waals surface area contributed by atoms with E-state index in [0.29, 0.717) is 17.5 Å². The molecule has 1 aromatic heterocycles. The molecule has 31 heavy (non-hydrogen) atoms. The van der Waals surface area contributed by atoms with Gasteiger partial charge in [-0.25, -0.2) is 4.39 Å². The summed E-state index contributed by atoms with van der Waals surface area (Å²) in [6.45, 7) is 12.6. The zero-order chi connectivity index (χ0) is 22.6. The minimum atomic E-state index is -0.497. The molecular weight excluding hydrogens is 411 g/mol. The maximum absolute atomic E-state index is 13.8. The summed E-state index contributed by atoms with van der Waals surface area (Å²) >= 11 is 1.27. The Kier molecular flexibility index (Phi) is 6.95. The van der Waals surface area contributed by atoms with Gasteiger partial charge in [0, 0.05) is 12.1 Å². The Bertz CT molecular complexity index is 1070. The Morgan fingerprint density at radius 3 is 2.48 bits per heavy atom. The predicted molar refractivity (Wildman–Crippen MR) is 125 cm³/mol. The van der Waals surface area contributed by atoms with Gasteiger partial charge in [-0.15, -0.1) is 16.8 Å². The number of nitrogens with zero attached hydrogens (tertiary/aromatic N) is 3. The van der Waals surface area contributed by atoms with Gasteiger partial charge in [0.15, 0.2) is 11.0 Å². The van der Waals surface area contributed by atoms with Crippen molar-refractivity contribution in [1.82, 2.24) is 14.8 Å². The van der Waals surface area contributed by atoms with E-state index >= 15 is 0 Å². The number of anilines is 1. The molecule has 1 amide bonds. The van der Waals surface area contributed by atoms with E-state index in [1.54, 1.807) is 25.1 Å². The summed E-state index contributed by atoms with van der Waals surface area (Å²) in [5.41, 5.74) is 2.40. The van der Waals surface area contributed by atoms with Crippen LogP contribution in [-0.4, -0.2) is 25.9 Å². The average molecular weight is 439 g/mol. The molecule has 0 aliphatic carbocycles. The second-order valence-corrected chi connectivity index (χ2v) is 9.57. The molecule has 3 aromatic rings. The molecule has 1 N–H and O–H groups in total. The fourth-order valence-corrected chi connectivity index (χ4v) is 3.87. The van der Waals surface area contributed by atoms with Crippen molar-refractivity contribution in [2.75, 3.05) is 5.32 Å². The van der Waals surface area contributed by atoms with Crippen LogP contribution in [0.25, 0.3) is 11.4 Å². The lowest BCUT2D eigenvalue weighted by molar-refractivity contribution is -0.115. The number of halogens is 1. The molecule has 1 heterocycles. The molecule has 0 saturated carbocycles. The molecule has 0 aliphatic heterocycles. The number of allylic oxidation sites excluding steroid dienone is 1. The molecule has 162 valence electrons. The Labute approximate surface area is 186 Å². The van der Waals surface area contributed by atoms with Gasteiger partial charge in [-0.1, -0.05) is 75.0 Å². The van der Waals surface area contributed by atoms with Crippen molar-refractivity contribution >= 4 is 23.4 Å². The molecule has 1 atom stereocenters. The monoisotopic (exact) mass is 438 g/mol.